The molecule has 2 aliphatic rings. The first kappa shape index (κ1) is 24.9. The second-order valence-electron chi connectivity index (χ2n) is 10.8. The first-order valence-corrected chi connectivity index (χ1v) is 13.3. The quantitative estimate of drug-likeness (QED) is 0.506. The average Bonchev–Trinajstić information content (AvgIpc) is 3.52. The van der Waals surface area contributed by atoms with Crippen LogP contribution >= 0.6 is 0 Å². The lowest BCUT2D eigenvalue weighted by molar-refractivity contribution is 0.00154. The van der Waals surface area contributed by atoms with Crippen LogP contribution < -0.4 is 10.5 Å². The molecule has 3 atom stereocenters. The molecule has 0 radical (unpaired) electrons. The SMILES string of the molecule is CC(C)c1cccc(OC(C)c2nnc([C@H]3CC[C@H](n4cc([C@@H]5CC[C@@H](N)CO5)nn4)CC3)n2C)c1. The van der Waals surface area contributed by atoms with Gasteiger partial charge in [0.1, 0.15) is 23.4 Å². The average molecular weight is 494 g/mol. The molecule has 0 amide bonds. The maximum Gasteiger partial charge on any atom is 0.173 e. The van der Waals surface area contributed by atoms with E-state index in [4.69, 9.17) is 15.2 Å². The number of hydrogen-bond acceptors (Lipinski definition) is 7. The molecule has 1 aliphatic heterocycles. The maximum atomic E-state index is 6.25. The second kappa shape index (κ2) is 10.7. The van der Waals surface area contributed by atoms with Gasteiger partial charge in [-0.25, -0.2) is 4.68 Å². The fraction of sp³-hybridized carbons (Fsp3) is 0.630. The predicted octanol–water partition coefficient (Wildman–Crippen LogP) is 4.75. The summed E-state index contributed by atoms with van der Waals surface area (Å²) in [6, 6.07) is 8.80. The van der Waals surface area contributed by atoms with Gasteiger partial charge in [0, 0.05) is 19.0 Å². The molecule has 1 saturated heterocycles. The summed E-state index contributed by atoms with van der Waals surface area (Å²) in [7, 11) is 2.06. The number of rotatable bonds is 7. The van der Waals surface area contributed by atoms with Crippen LogP contribution in [0.4, 0.5) is 0 Å². The minimum atomic E-state index is -0.180. The molecule has 36 heavy (non-hydrogen) atoms. The monoisotopic (exact) mass is 493 g/mol. The number of ether oxygens (including phenoxy) is 2. The van der Waals surface area contributed by atoms with Crippen LogP contribution in [0.15, 0.2) is 30.5 Å². The lowest BCUT2D eigenvalue weighted by atomic mass is 9.85. The van der Waals surface area contributed by atoms with Gasteiger partial charge in [0.05, 0.1) is 18.8 Å². The van der Waals surface area contributed by atoms with E-state index in [1.807, 2.05) is 23.7 Å². The van der Waals surface area contributed by atoms with Crippen molar-refractivity contribution in [1.82, 2.24) is 29.8 Å². The minimum absolute atomic E-state index is 0.0176. The normalized spacial score (nSPS) is 25.7. The van der Waals surface area contributed by atoms with Gasteiger partial charge in [0.2, 0.25) is 0 Å². The number of nitrogens with two attached hydrogens (primary N) is 1. The van der Waals surface area contributed by atoms with Crippen molar-refractivity contribution in [3.63, 3.8) is 0 Å². The highest BCUT2D eigenvalue weighted by molar-refractivity contribution is 5.30. The van der Waals surface area contributed by atoms with Crippen LogP contribution in [-0.2, 0) is 11.8 Å². The summed E-state index contributed by atoms with van der Waals surface area (Å²) in [6.07, 6.45) is 7.96. The van der Waals surface area contributed by atoms with Crippen molar-refractivity contribution >= 4 is 0 Å². The zero-order valence-corrected chi connectivity index (χ0v) is 21.9. The Balaban J connectivity index is 1.19. The first-order valence-electron chi connectivity index (χ1n) is 13.3. The van der Waals surface area contributed by atoms with E-state index in [1.165, 1.54) is 5.56 Å². The summed E-state index contributed by atoms with van der Waals surface area (Å²) >= 11 is 0. The second-order valence-corrected chi connectivity index (χ2v) is 10.8. The Morgan fingerprint density at radius 3 is 2.56 bits per heavy atom. The van der Waals surface area contributed by atoms with E-state index in [1.54, 1.807) is 0 Å². The Labute approximate surface area is 213 Å². The van der Waals surface area contributed by atoms with Crippen LogP contribution in [0, 0.1) is 0 Å². The summed E-state index contributed by atoms with van der Waals surface area (Å²) in [5.74, 6) is 3.61. The maximum absolute atomic E-state index is 6.25. The molecule has 3 heterocycles. The smallest absolute Gasteiger partial charge is 0.173 e. The minimum Gasteiger partial charge on any atom is -0.483 e. The topological polar surface area (TPSA) is 106 Å². The number of aromatic nitrogens is 6. The van der Waals surface area contributed by atoms with Crippen LogP contribution in [0.1, 0.15) is 112 Å². The van der Waals surface area contributed by atoms with E-state index in [-0.39, 0.29) is 18.2 Å². The first-order chi connectivity index (χ1) is 17.4. The lowest BCUT2D eigenvalue weighted by Crippen LogP contribution is -2.32. The van der Waals surface area contributed by atoms with Crippen LogP contribution in [0.5, 0.6) is 5.75 Å². The fourth-order valence-corrected chi connectivity index (χ4v) is 5.49. The highest BCUT2D eigenvalue weighted by Gasteiger charge is 2.30. The van der Waals surface area contributed by atoms with Crippen molar-refractivity contribution in [2.45, 2.75) is 95.4 Å². The summed E-state index contributed by atoms with van der Waals surface area (Å²) in [5, 5.41) is 18.0. The summed E-state index contributed by atoms with van der Waals surface area (Å²) in [5.41, 5.74) is 8.15. The number of benzene rings is 1. The highest BCUT2D eigenvalue weighted by atomic mass is 16.5. The Bertz CT molecular complexity index is 1140. The van der Waals surface area contributed by atoms with Gasteiger partial charge < -0.3 is 19.8 Å². The molecule has 1 saturated carbocycles. The highest BCUT2D eigenvalue weighted by Crippen LogP contribution is 2.38. The van der Waals surface area contributed by atoms with Crippen molar-refractivity contribution in [2.75, 3.05) is 6.61 Å². The summed E-state index contributed by atoms with van der Waals surface area (Å²) in [4.78, 5) is 0. The van der Waals surface area contributed by atoms with Gasteiger partial charge in [-0.1, -0.05) is 31.2 Å². The Morgan fingerprint density at radius 1 is 1.03 bits per heavy atom. The van der Waals surface area contributed by atoms with Gasteiger partial charge >= 0.3 is 0 Å². The lowest BCUT2D eigenvalue weighted by Gasteiger charge is -2.28. The largest absolute Gasteiger partial charge is 0.483 e. The molecule has 9 nitrogen and oxygen atoms in total. The molecular weight excluding hydrogens is 454 g/mol. The third-order valence-electron chi connectivity index (χ3n) is 7.75. The molecule has 1 unspecified atom stereocenters. The Morgan fingerprint density at radius 2 is 1.83 bits per heavy atom. The van der Waals surface area contributed by atoms with Crippen molar-refractivity contribution in [3.05, 3.63) is 53.4 Å². The third kappa shape index (κ3) is 5.32. The van der Waals surface area contributed by atoms with E-state index >= 15 is 0 Å². The van der Waals surface area contributed by atoms with Crippen molar-refractivity contribution in [1.29, 1.82) is 0 Å². The van der Waals surface area contributed by atoms with Crippen LogP contribution in [0.2, 0.25) is 0 Å². The molecule has 0 bridgehead atoms. The van der Waals surface area contributed by atoms with E-state index < -0.39 is 0 Å². The predicted molar refractivity (Wildman–Crippen MR) is 137 cm³/mol. The van der Waals surface area contributed by atoms with Crippen molar-refractivity contribution in [2.24, 2.45) is 12.8 Å². The summed E-state index contributed by atoms with van der Waals surface area (Å²) < 4.78 is 16.3. The van der Waals surface area contributed by atoms with Crippen molar-refractivity contribution < 1.29 is 9.47 Å². The molecule has 3 aromatic rings. The van der Waals surface area contributed by atoms with E-state index in [0.717, 1.165) is 61.6 Å². The molecular formula is C27H39N7O2. The number of hydrogen-bond donors (Lipinski definition) is 1. The fourth-order valence-electron chi connectivity index (χ4n) is 5.49. The molecule has 2 fully saturated rings. The van der Waals surface area contributed by atoms with Crippen LogP contribution in [0.25, 0.3) is 0 Å². The van der Waals surface area contributed by atoms with Crippen molar-refractivity contribution in [3.8, 4) is 5.75 Å². The molecule has 2 aromatic heterocycles. The van der Waals surface area contributed by atoms with Gasteiger partial charge in [0.25, 0.3) is 0 Å². The van der Waals surface area contributed by atoms with Crippen LogP contribution in [-0.4, -0.2) is 42.4 Å². The zero-order chi connectivity index (χ0) is 25.2. The Kier molecular flexibility index (Phi) is 7.39. The van der Waals surface area contributed by atoms with Gasteiger partial charge in [-0.15, -0.1) is 15.3 Å². The van der Waals surface area contributed by atoms with Crippen LogP contribution in [0.3, 0.4) is 0 Å². The molecule has 1 aromatic carbocycles. The molecule has 194 valence electrons. The van der Waals surface area contributed by atoms with Gasteiger partial charge in [0.15, 0.2) is 11.9 Å². The van der Waals surface area contributed by atoms with E-state index in [9.17, 15) is 0 Å². The number of nitrogens with zero attached hydrogens (tertiary/aromatic N) is 6. The van der Waals surface area contributed by atoms with E-state index in [0.29, 0.717) is 24.5 Å². The zero-order valence-electron chi connectivity index (χ0n) is 21.9. The molecule has 1 aliphatic carbocycles. The van der Waals surface area contributed by atoms with E-state index in [2.05, 4.69) is 64.3 Å². The van der Waals surface area contributed by atoms with Gasteiger partial charge in [-0.05, 0) is 69.1 Å². The van der Waals surface area contributed by atoms with Gasteiger partial charge in [-0.3, -0.25) is 0 Å². The standard InChI is InChI=1S/C27H39N7O2/c1-17(2)20-6-5-7-23(14-20)36-18(3)26-30-31-27(33(26)4)19-8-11-22(12-9-19)34-15-24(29-32-34)25-13-10-21(28)16-35-25/h5-7,14-15,17-19,21-22,25H,8-13,16,28H2,1-4H3/t18?,19-,21-,22-,25+/m1/s1. The summed E-state index contributed by atoms with van der Waals surface area (Å²) in [6.45, 7) is 7.01. The molecule has 2 N–H and O–H groups in total. The van der Waals surface area contributed by atoms with Gasteiger partial charge in [-0.2, -0.15) is 0 Å². The molecule has 0 spiro atoms. The Hall–Kier alpha value is -2.78. The third-order valence-corrected chi connectivity index (χ3v) is 7.75. The molecule has 5 rings (SSSR count). The molecule has 9 heteroatoms.